The second kappa shape index (κ2) is 12.6. The second-order valence-electron chi connectivity index (χ2n) is 8.43. The molecule has 0 bridgehead atoms. The van der Waals surface area contributed by atoms with E-state index < -0.39 is 15.9 Å². The van der Waals surface area contributed by atoms with Crippen LogP contribution in [-0.4, -0.2) is 65.7 Å². The molecule has 1 N–H and O–H groups in total. The Labute approximate surface area is 226 Å². The zero-order valence-electron chi connectivity index (χ0n) is 21.1. The van der Waals surface area contributed by atoms with Crippen molar-refractivity contribution in [1.29, 1.82) is 0 Å². The van der Waals surface area contributed by atoms with Gasteiger partial charge in [-0.25, -0.2) is 12.8 Å². The molecule has 1 amide bonds. The molecule has 0 spiro atoms. The number of halogens is 1. The number of hydrogen-bond acceptors (Lipinski definition) is 7. The van der Waals surface area contributed by atoms with Crippen LogP contribution in [0.2, 0.25) is 0 Å². The number of carbonyl (C=O) groups is 1. The van der Waals surface area contributed by atoms with Gasteiger partial charge in [0.1, 0.15) is 5.82 Å². The van der Waals surface area contributed by atoms with Crippen LogP contribution in [0, 0.1) is 5.82 Å². The fourth-order valence-corrected chi connectivity index (χ4v) is 6.31. The molecule has 1 saturated heterocycles. The molecule has 1 aliphatic rings. The fraction of sp³-hybridized carbons (Fsp3) is 0.296. The van der Waals surface area contributed by atoms with E-state index in [-0.39, 0.29) is 29.4 Å². The normalized spacial score (nSPS) is 14.2. The van der Waals surface area contributed by atoms with Crippen LogP contribution in [0.5, 0.6) is 11.5 Å². The summed E-state index contributed by atoms with van der Waals surface area (Å²) in [4.78, 5) is 14.6. The van der Waals surface area contributed by atoms with Crippen LogP contribution in [0.3, 0.4) is 0 Å². The number of hydrogen-bond donors (Lipinski definition) is 1. The van der Waals surface area contributed by atoms with Gasteiger partial charge in [0.05, 0.1) is 37.9 Å². The number of nitrogens with zero attached hydrogens (tertiary/aromatic N) is 1. The summed E-state index contributed by atoms with van der Waals surface area (Å²) < 4.78 is 57.1. The van der Waals surface area contributed by atoms with Crippen molar-refractivity contribution >= 4 is 27.7 Å². The minimum absolute atomic E-state index is 0.0351. The molecule has 0 unspecified atom stereocenters. The Morgan fingerprint density at radius 2 is 1.71 bits per heavy atom. The zero-order valence-corrected chi connectivity index (χ0v) is 22.7. The Morgan fingerprint density at radius 3 is 2.39 bits per heavy atom. The van der Waals surface area contributed by atoms with Crippen molar-refractivity contribution in [1.82, 2.24) is 9.62 Å². The van der Waals surface area contributed by atoms with E-state index in [0.29, 0.717) is 42.6 Å². The van der Waals surface area contributed by atoms with Gasteiger partial charge in [-0.2, -0.15) is 4.31 Å². The average Bonchev–Trinajstić information content (AvgIpc) is 2.94. The van der Waals surface area contributed by atoms with Crippen molar-refractivity contribution in [2.75, 3.05) is 47.1 Å². The monoisotopic (exact) mass is 560 g/mol. The molecule has 0 saturated carbocycles. The van der Waals surface area contributed by atoms with Gasteiger partial charge >= 0.3 is 0 Å². The van der Waals surface area contributed by atoms with Gasteiger partial charge in [-0.1, -0.05) is 17.8 Å². The number of nitrogens with one attached hydrogen (secondary N) is 1. The quantitative estimate of drug-likeness (QED) is 0.401. The second-order valence-corrected chi connectivity index (χ2v) is 11.5. The third kappa shape index (κ3) is 6.65. The maximum Gasteiger partial charge on any atom is 0.252 e. The lowest BCUT2D eigenvalue weighted by atomic mass is 10.1. The maximum absolute atomic E-state index is 13.4. The molecule has 0 radical (unpaired) electrons. The molecule has 3 aromatic carbocycles. The van der Waals surface area contributed by atoms with Gasteiger partial charge < -0.3 is 19.5 Å². The molecule has 1 fully saturated rings. The van der Waals surface area contributed by atoms with Gasteiger partial charge in [0, 0.05) is 29.4 Å². The summed E-state index contributed by atoms with van der Waals surface area (Å²) in [6.45, 7) is 1.46. The van der Waals surface area contributed by atoms with E-state index in [1.807, 2.05) is 12.1 Å². The number of benzene rings is 3. The molecule has 38 heavy (non-hydrogen) atoms. The molecule has 0 aromatic heterocycles. The minimum Gasteiger partial charge on any atom is -0.493 e. The Morgan fingerprint density at radius 1 is 1.00 bits per heavy atom. The van der Waals surface area contributed by atoms with E-state index in [4.69, 9.17) is 14.2 Å². The molecule has 11 heteroatoms. The number of amides is 1. The van der Waals surface area contributed by atoms with Crippen LogP contribution in [0.4, 0.5) is 4.39 Å². The van der Waals surface area contributed by atoms with Gasteiger partial charge in [-0.15, -0.1) is 0 Å². The van der Waals surface area contributed by atoms with Crippen molar-refractivity contribution in [3.8, 4) is 11.5 Å². The van der Waals surface area contributed by atoms with Crippen LogP contribution in [0.15, 0.2) is 75.4 Å². The summed E-state index contributed by atoms with van der Waals surface area (Å²) in [6.07, 6.45) is 0.526. The number of ether oxygens (including phenoxy) is 3. The number of rotatable bonds is 10. The first-order valence-corrected chi connectivity index (χ1v) is 14.2. The van der Waals surface area contributed by atoms with Gasteiger partial charge in [-0.3, -0.25) is 4.79 Å². The number of sulfonamides is 1. The summed E-state index contributed by atoms with van der Waals surface area (Å²) in [5, 5.41) is 2.89. The SMILES string of the molecule is COc1ccc(CCNC(=O)c2cc(S(=O)(=O)N3CCOCC3)ccc2Sc2ccc(F)cc2)cc1OC. The number of morpholine rings is 1. The number of methoxy groups -OCH3 is 2. The Bertz CT molecular complexity index is 1380. The van der Waals surface area contributed by atoms with Crippen LogP contribution >= 0.6 is 11.8 Å². The number of carbonyl (C=O) groups excluding carboxylic acids is 1. The summed E-state index contributed by atoms with van der Waals surface area (Å²) in [5.74, 6) is 0.430. The molecule has 202 valence electrons. The topological polar surface area (TPSA) is 94.2 Å². The zero-order chi connectivity index (χ0) is 27.1. The molecule has 8 nitrogen and oxygen atoms in total. The first-order valence-electron chi connectivity index (χ1n) is 12.0. The lowest BCUT2D eigenvalue weighted by Crippen LogP contribution is -2.40. The highest BCUT2D eigenvalue weighted by Crippen LogP contribution is 2.33. The molecule has 3 aromatic rings. The average molecular weight is 561 g/mol. The van der Waals surface area contributed by atoms with Gasteiger partial charge in [0.25, 0.3) is 5.91 Å². The molecular weight excluding hydrogens is 531 g/mol. The predicted molar refractivity (Wildman–Crippen MR) is 142 cm³/mol. The van der Waals surface area contributed by atoms with Gasteiger partial charge in [0.2, 0.25) is 10.0 Å². The van der Waals surface area contributed by atoms with Crippen LogP contribution in [0.1, 0.15) is 15.9 Å². The van der Waals surface area contributed by atoms with Gasteiger partial charge in [-0.05, 0) is 66.6 Å². The first-order chi connectivity index (χ1) is 18.3. The van der Waals surface area contributed by atoms with Crippen molar-refractivity contribution in [2.45, 2.75) is 21.1 Å². The van der Waals surface area contributed by atoms with E-state index in [2.05, 4.69) is 5.32 Å². The van der Waals surface area contributed by atoms with E-state index >= 15 is 0 Å². The van der Waals surface area contributed by atoms with Crippen molar-refractivity contribution in [3.05, 3.63) is 77.6 Å². The molecule has 0 atom stereocenters. The molecular formula is C27H29FN2O6S2. The Hall–Kier alpha value is -3.12. The third-order valence-electron chi connectivity index (χ3n) is 5.99. The summed E-state index contributed by atoms with van der Waals surface area (Å²) in [6, 6.07) is 15.9. The highest BCUT2D eigenvalue weighted by atomic mass is 32.2. The summed E-state index contributed by atoms with van der Waals surface area (Å²) >= 11 is 1.26. The molecule has 4 rings (SSSR count). The lowest BCUT2D eigenvalue weighted by molar-refractivity contribution is 0.0730. The van der Waals surface area contributed by atoms with E-state index in [9.17, 15) is 17.6 Å². The van der Waals surface area contributed by atoms with E-state index in [1.165, 1.54) is 40.3 Å². The molecule has 1 heterocycles. The standard InChI is InChI=1S/C27H29FN2O6S2/c1-34-24-9-3-19(17-25(24)35-2)11-12-29-27(31)23-18-22(38(32,33)30-13-15-36-16-14-30)8-10-26(23)37-21-6-4-20(28)5-7-21/h3-10,17-18H,11-16H2,1-2H3,(H,29,31). The van der Waals surface area contributed by atoms with Crippen LogP contribution in [0.25, 0.3) is 0 Å². The van der Waals surface area contributed by atoms with Crippen LogP contribution in [-0.2, 0) is 21.2 Å². The van der Waals surface area contributed by atoms with E-state index in [0.717, 1.165) is 10.5 Å². The minimum atomic E-state index is -3.80. The largest absolute Gasteiger partial charge is 0.493 e. The van der Waals surface area contributed by atoms with Crippen molar-refractivity contribution in [3.63, 3.8) is 0 Å². The Balaban J connectivity index is 1.56. The highest BCUT2D eigenvalue weighted by Gasteiger charge is 2.28. The Kier molecular flexibility index (Phi) is 9.26. The van der Waals surface area contributed by atoms with Gasteiger partial charge in [0.15, 0.2) is 11.5 Å². The molecule has 1 aliphatic heterocycles. The smallest absolute Gasteiger partial charge is 0.252 e. The van der Waals surface area contributed by atoms with E-state index in [1.54, 1.807) is 38.5 Å². The predicted octanol–water partition coefficient (Wildman–Crippen LogP) is 3.99. The fourth-order valence-electron chi connectivity index (χ4n) is 3.95. The molecule has 0 aliphatic carbocycles. The first kappa shape index (κ1) is 27.9. The maximum atomic E-state index is 13.4. The summed E-state index contributed by atoms with van der Waals surface area (Å²) in [5.41, 5.74) is 1.16. The van der Waals surface area contributed by atoms with Crippen LogP contribution < -0.4 is 14.8 Å². The third-order valence-corrected chi connectivity index (χ3v) is 8.97. The van der Waals surface area contributed by atoms with Crippen molar-refractivity contribution in [2.24, 2.45) is 0 Å². The summed E-state index contributed by atoms with van der Waals surface area (Å²) in [7, 11) is -0.683. The highest BCUT2D eigenvalue weighted by molar-refractivity contribution is 7.99. The lowest BCUT2D eigenvalue weighted by Gasteiger charge is -2.26. The van der Waals surface area contributed by atoms with Crippen molar-refractivity contribution < 1.29 is 31.8 Å².